The van der Waals surface area contributed by atoms with E-state index in [0.717, 1.165) is 10.9 Å². The lowest BCUT2D eigenvalue weighted by Gasteiger charge is -2.08. The van der Waals surface area contributed by atoms with Crippen molar-refractivity contribution in [3.8, 4) is 0 Å². The Hall–Kier alpha value is -2.05. The summed E-state index contributed by atoms with van der Waals surface area (Å²) in [5, 5.41) is 10.6. The van der Waals surface area contributed by atoms with Crippen LogP contribution in [0.15, 0.2) is 24.5 Å². The number of carboxylic acids is 1. The van der Waals surface area contributed by atoms with Crippen LogP contribution in [0.4, 0.5) is 13.2 Å². The van der Waals surface area contributed by atoms with Gasteiger partial charge >= 0.3 is 6.18 Å². The molecule has 0 atom stereocenters. The van der Waals surface area contributed by atoms with E-state index < -0.39 is 18.7 Å². The quantitative estimate of drug-likeness (QED) is 0.789. The number of rotatable bonds is 2. The van der Waals surface area contributed by atoms with E-state index in [1.165, 1.54) is 18.2 Å². The Bertz CT molecular complexity index is 574. The molecule has 0 aliphatic rings. The maximum atomic E-state index is 12.2. The number of carboxylic acid groups (broad SMARTS) is 1. The topological polar surface area (TPSA) is 57.9 Å². The van der Waals surface area contributed by atoms with Gasteiger partial charge in [0.25, 0.3) is 0 Å². The lowest BCUT2D eigenvalue weighted by molar-refractivity contribution is -0.255. The molecule has 17 heavy (non-hydrogen) atoms. The average Bonchev–Trinajstić information content (AvgIpc) is 2.58. The number of carbonyl (C=O) groups excluding carboxylic acids is 1. The Morgan fingerprint density at radius 2 is 2.12 bits per heavy atom. The number of benzene rings is 1. The van der Waals surface area contributed by atoms with Gasteiger partial charge in [-0.25, -0.2) is 4.98 Å². The first-order chi connectivity index (χ1) is 7.87. The van der Waals surface area contributed by atoms with Crippen LogP contribution in [0.5, 0.6) is 0 Å². The molecular formula is C10H6F3N2O2-. The van der Waals surface area contributed by atoms with E-state index in [0.29, 0.717) is 0 Å². The van der Waals surface area contributed by atoms with Crippen molar-refractivity contribution in [1.82, 2.24) is 9.55 Å². The third-order valence-corrected chi connectivity index (χ3v) is 2.21. The summed E-state index contributed by atoms with van der Waals surface area (Å²) in [5.74, 6) is -1.39. The number of aromatic nitrogens is 2. The predicted octanol–water partition coefficient (Wildman–Crippen LogP) is 0.962. The van der Waals surface area contributed by atoms with Crippen molar-refractivity contribution >= 4 is 17.0 Å². The van der Waals surface area contributed by atoms with Gasteiger partial charge < -0.3 is 14.5 Å². The number of nitrogens with zero attached hydrogens (tertiary/aromatic N) is 2. The van der Waals surface area contributed by atoms with Crippen molar-refractivity contribution in [2.24, 2.45) is 0 Å². The zero-order chi connectivity index (χ0) is 12.6. The van der Waals surface area contributed by atoms with Crippen molar-refractivity contribution in [1.29, 1.82) is 0 Å². The number of fused-ring (bicyclic) bond motifs is 1. The zero-order valence-electron chi connectivity index (χ0n) is 8.36. The molecule has 0 amide bonds. The van der Waals surface area contributed by atoms with E-state index in [1.54, 1.807) is 0 Å². The minimum Gasteiger partial charge on any atom is -0.545 e. The van der Waals surface area contributed by atoms with E-state index in [2.05, 4.69) is 4.98 Å². The third kappa shape index (κ3) is 2.38. The Morgan fingerprint density at radius 1 is 1.41 bits per heavy atom. The lowest BCUT2D eigenvalue weighted by Crippen LogP contribution is -2.22. The smallest absolute Gasteiger partial charge is 0.406 e. The molecule has 0 radical (unpaired) electrons. The van der Waals surface area contributed by atoms with Crippen molar-refractivity contribution in [3.05, 3.63) is 30.1 Å². The highest BCUT2D eigenvalue weighted by Crippen LogP contribution is 2.21. The van der Waals surface area contributed by atoms with Crippen molar-refractivity contribution < 1.29 is 23.1 Å². The van der Waals surface area contributed by atoms with Gasteiger partial charge in [0.15, 0.2) is 0 Å². The second kappa shape index (κ2) is 3.76. The van der Waals surface area contributed by atoms with Gasteiger partial charge in [0.1, 0.15) is 6.54 Å². The standard InChI is InChI=1S/C10H7F3N2O2/c11-10(12,13)4-15-5-14-7-3-6(9(16)17)1-2-8(7)15/h1-3,5H,4H2,(H,16,17)/p-1. The van der Waals surface area contributed by atoms with Crippen molar-refractivity contribution in [2.45, 2.75) is 12.7 Å². The Labute approximate surface area is 93.3 Å². The monoisotopic (exact) mass is 243 g/mol. The molecule has 7 heteroatoms. The molecule has 0 unspecified atom stereocenters. The summed E-state index contributed by atoms with van der Waals surface area (Å²) in [6.45, 7) is -1.16. The summed E-state index contributed by atoms with van der Waals surface area (Å²) >= 11 is 0. The lowest BCUT2D eigenvalue weighted by atomic mass is 10.2. The molecule has 2 aromatic rings. The van der Waals surface area contributed by atoms with Gasteiger partial charge in [-0.05, 0) is 17.7 Å². The van der Waals surface area contributed by atoms with Crippen LogP contribution < -0.4 is 5.11 Å². The molecule has 1 aromatic heterocycles. The minimum atomic E-state index is -4.35. The molecule has 0 saturated heterocycles. The summed E-state index contributed by atoms with van der Waals surface area (Å²) in [6.07, 6.45) is -3.32. The molecule has 1 aromatic carbocycles. The van der Waals surface area contributed by atoms with Gasteiger partial charge in [0.05, 0.1) is 23.3 Å². The maximum Gasteiger partial charge on any atom is 0.406 e. The second-order valence-electron chi connectivity index (χ2n) is 3.48. The molecule has 4 nitrogen and oxygen atoms in total. The van der Waals surface area contributed by atoms with Gasteiger partial charge in [-0.3, -0.25) is 0 Å². The van der Waals surface area contributed by atoms with E-state index in [1.807, 2.05) is 0 Å². The molecule has 0 spiro atoms. The molecular weight excluding hydrogens is 237 g/mol. The first-order valence-corrected chi connectivity index (χ1v) is 4.60. The third-order valence-electron chi connectivity index (χ3n) is 2.21. The Morgan fingerprint density at radius 3 is 2.71 bits per heavy atom. The van der Waals surface area contributed by atoms with Crippen LogP contribution in [0.25, 0.3) is 11.0 Å². The van der Waals surface area contributed by atoms with Crippen LogP contribution in [0.3, 0.4) is 0 Å². The van der Waals surface area contributed by atoms with Crippen LogP contribution in [-0.4, -0.2) is 21.7 Å². The van der Waals surface area contributed by atoms with E-state index in [9.17, 15) is 23.1 Å². The van der Waals surface area contributed by atoms with E-state index in [4.69, 9.17) is 0 Å². The summed E-state index contributed by atoms with van der Waals surface area (Å²) < 4.78 is 37.5. The average molecular weight is 243 g/mol. The molecule has 90 valence electrons. The number of hydrogen-bond donors (Lipinski definition) is 0. The minimum absolute atomic E-state index is 0.116. The fourth-order valence-electron chi connectivity index (χ4n) is 1.51. The van der Waals surface area contributed by atoms with Crippen LogP contribution in [0.1, 0.15) is 10.4 Å². The van der Waals surface area contributed by atoms with Crippen LogP contribution in [0.2, 0.25) is 0 Å². The SMILES string of the molecule is O=C([O-])c1ccc2c(c1)ncn2CC(F)(F)F. The highest BCUT2D eigenvalue weighted by Gasteiger charge is 2.28. The molecule has 0 aliphatic carbocycles. The highest BCUT2D eigenvalue weighted by molar-refractivity contribution is 5.91. The van der Waals surface area contributed by atoms with Gasteiger partial charge in [-0.2, -0.15) is 13.2 Å². The van der Waals surface area contributed by atoms with Crippen molar-refractivity contribution in [2.75, 3.05) is 0 Å². The molecule has 2 rings (SSSR count). The normalized spacial score (nSPS) is 11.9. The number of imidazole rings is 1. The Kier molecular flexibility index (Phi) is 2.53. The Balaban J connectivity index is 2.45. The molecule has 0 fully saturated rings. The number of carbonyl (C=O) groups is 1. The van der Waals surface area contributed by atoms with E-state index >= 15 is 0 Å². The summed E-state index contributed by atoms with van der Waals surface area (Å²) in [7, 11) is 0. The fourth-order valence-corrected chi connectivity index (χ4v) is 1.51. The predicted molar refractivity (Wildman–Crippen MR) is 50.1 cm³/mol. The highest BCUT2D eigenvalue weighted by atomic mass is 19.4. The van der Waals surface area contributed by atoms with Gasteiger partial charge in [-0.15, -0.1) is 0 Å². The van der Waals surface area contributed by atoms with Crippen LogP contribution in [0, 0.1) is 0 Å². The van der Waals surface area contributed by atoms with Crippen LogP contribution >= 0.6 is 0 Å². The maximum absolute atomic E-state index is 12.2. The zero-order valence-corrected chi connectivity index (χ0v) is 8.36. The summed E-state index contributed by atoms with van der Waals surface area (Å²) in [6, 6.07) is 3.64. The number of alkyl halides is 3. The largest absolute Gasteiger partial charge is 0.545 e. The van der Waals surface area contributed by atoms with Crippen LogP contribution in [-0.2, 0) is 6.54 Å². The first kappa shape index (κ1) is 11.4. The number of hydrogen-bond acceptors (Lipinski definition) is 3. The molecule has 0 N–H and O–H groups in total. The molecule has 0 bridgehead atoms. The first-order valence-electron chi connectivity index (χ1n) is 4.60. The van der Waals surface area contributed by atoms with E-state index in [-0.39, 0.29) is 16.6 Å². The summed E-state index contributed by atoms with van der Waals surface area (Å²) in [4.78, 5) is 14.3. The number of halogens is 3. The molecule has 1 heterocycles. The second-order valence-corrected chi connectivity index (χ2v) is 3.48. The summed E-state index contributed by atoms with van der Waals surface area (Å²) in [5.41, 5.74) is 0.304. The van der Waals surface area contributed by atoms with Crippen molar-refractivity contribution in [3.63, 3.8) is 0 Å². The molecule has 0 aliphatic heterocycles. The molecule has 0 saturated carbocycles. The van der Waals surface area contributed by atoms with Gasteiger partial charge in [0, 0.05) is 0 Å². The number of aromatic carboxylic acids is 1. The van der Waals surface area contributed by atoms with Gasteiger partial charge in [-0.1, -0.05) is 6.07 Å². The van der Waals surface area contributed by atoms with Gasteiger partial charge in [0.2, 0.25) is 0 Å². The fraction of sp³-hybridized carbons (Fsp3) is 0.200.